The van der Waals surface area contributed by atoms with Crippen LogP contribution in [0, 0.1) is 4.91 Å². The molecular formula is C10H6NO9S2-. The van der Waals surface area contributed by atoms with Crippen LogP contribution in [0.3, 0.4) is 0 Å². The summed E-state index contributed by atoms with van der Waals surface area (Å²) in [6.45, 7) is 0. The number of aromatic hydroxyl groups is 1. The van der Waals surface area contributed by atoms with Crippen molar-refractivity contribution in [3.63, 3.8) is 0 Å². The molecule has 12 heteroatoms. The van der Waals surface area contributed by atoms with E-state index in [2.05, 4.69) is 5.18 Å². The van der Waals surface area contributed by atoms with Crippen LogP contribution in [0.25, 0.3) is 10.8 Å². The first-order chi connectivity index (χ1) is 9.96. The molecule has 2 rings (SSSR count). The van der Waals surface area contributed by atoms with Crippen LogP contribution in [0.2, 0.25) is 0 Å². The van der Waals surface area contributed by atoms with Crippen molar-refractivity contribution in [3.05, 3.63) is 23.1 Å². The Kier molecular flexibility index (Phi) is 3.57. The molecule has 0 aromatic heterocycles. The largest absolute Gasteiger partial charge is 0.870 e. The molecule has 0 fully saturated rings. The lowest BCUT2D eigenvalue weighted by atomic mass is 10.1. The second-order valence-electron chi connectivity index (χ2n) is 4.13. The number of hydrogen-bond donors (Lipinski definition) is 3. The van der Waals surface area contributed by atoms with Crippen molar-refractivity contribution in [1.82, 2.24) is 0 Å². The first-order valence-electron chi connectivity index (χ1n) is 5.26. The highest BCUT2D eigenvalue weighted by molar-refractivity contribution is 7.86. The van der Waals surface area contributed by atoms with Crippen LogP contribution in [0.4, 0.5) is 5.69 Å². The third kappa shape index (κ3) is 2.59. The monoisotopic (exact) mass is 348 g/mol. The second kappa shape index (κ2) is 4.88. The molecule has 2 aromatic carbocycles. The Morgan fingerprint density at radius 1 is 1.00 bits per heavy atom. The predicted molar refractivity (Wildman–Crippen MR) is 70.1 cm³/mol. The van der Waals surface area contributed by atoms with Gasteiger partial charge < -0.3 is 10.2 Å². The van der Waals surface area contributed by atoms with E-state index in [9.17, 15) is 32.0 Å². The summed E-state index contributed by atoms with van der Waals surface area (Å²) in [6.07, 6.45) is 0. The van der Waals surface area contributed by atoms with Gasteiger partial charge in [-0.2, -0.15) is 16.8 Å². The molecule has 0 amide bonds. The minimum atomic E-state index is -5.01. The Hall–Kier alpha value is -2.28. The second-order valence-corrected chi connectivity index (χ2v) is 6.95. The summed E-state index contributed by atoms with van der Waals surface area (Å²) in [6, 6.07) is 1.81. The minimum absolute atomic E-state index is 0.433. The number of benzene rings is 2. The quantitative estimate of drug-likeness (QED) is 0.525. The molecule has 0 radical (unpaired) electrons. The molecule has 0 heterocycles. The molecular weight excluding hydrogens is 342 g/mol. The van der Waals surface area contributed by atoms with E-state index in [0.717, 1.165) is 0 Å². The molecule has 2 aromatic rings. The van der Waals surface area contributed by atoms with E-state index in [1.807, 2.05) is 0 Å². The number of rotatable bonds is 3. The lowest BCUT2D eigenvalue weighted by Gasteiger charge is -2.16. The molecule has 0 spiro atoms. The lowest BCUT2D eigenvalue weighted by molar-refractivity contribution is -0.265. The van der Waals surface area contributed by atoms with Gasteiger partial charge in [0.25, 0.3) is 20.2 Å². The maximum atomic E-state index is 12.0. The Balaban J connectivity index is 3.08. The molecule has 3 N–H and O–H groups in total. The van der Waals surface area contributed by atoms with Crippen molar-refractivity contribution in [2.45, 2.75) is 9.79 Å². The van der Waals surface area contributed by atoms with Crippen molar-refractivity contribution in [3.8, 4) is 11.5 Å². The van der Waals surface area contributed by atoms with Crippen LogP contribution in [0.15, 0.2) is 33.2 Å². The highest BCUT2D eigenvalue weighted by Gasteiger charge is 2.22. The zero-order valence-electron chi connectivity index (χ0n) is 10.3. The number of fused-ring (bicyclic) bond motifs is 1. The van der Waals surface area contributed by atoms with Gasteiger partial charge in [0.1, 0.15) is 16.3 Å². The zero-order valence-corrected chi connectivity index (χ0v) is 11.9. The summed E-state index contributed by atoms with van der Waals surface area (Å²) in [5.74, 6) is -2.23. The lowest BCUT2D eigenvalue weighted by Crippen LogP contribution is -2.04. The highest BCUT2D eigenvalue weighted by atomic mass is 32.2. The van der Waals surface area contributed by atoms with Gasteiger partial charge in [0.2, 0.25) is 0 Å². The van der Waals surface area contributed by atoms with Gasteiger partial charge in [-0.15, -0.1) is 4.91 Å². The highest BCUT2D eigenvalue weighted by Crippen LogP contribution is 2.43. The zero-order chi connectivity index (χ0) is 16.9. The summed E-state index contributed by atoms with van der Waals surface area (Å²) in [5, 5.41) is 22.8. The molecule has 0 aliphatic heterocycles. The molecule has 22 heavy (non-hydrogen) atoms. The number of nitrogens with zero attached hydrogens (tertiary/aromatic N) is 1. The van der Waals surface area contributed by atoms with E-state index >= 15 is 0 Å². The van der Waals surface area contributed by atoms with Gasteiger partial charge in [0, 0.05) is 11.5 Å². The standard InChI is InChI=1S/C10H7NO9S2/c12-6-3-5(21(15,16)17)1-4-2-7(22(18,19)20)9(11-14)10(13)8(4)6/h1-3,12-13H,(H,15,16,17)(H,18,19,20)/p-1. The van der Waals surface area contributed by atoms with Gasteiger partial charge >= 0.3 is 0 Å². The topological polar surface area (TPSA) is 181 Å². The van der Waals surface area contributed by atoms with E-state index < -0.39 is 58.0 Å². The van der Waals surface area contributed by atoms with Crippen molar-refractivity contribution in [1.29, 1.82) is 0 Å². The van der Waals surface area contributed by atoms with E-state index in [1.54, 1.807) is 0 Å². The van der Waals surface area contributed by atoms with Crippen LogP contribution in [-0.4, -0.2) is 31.0 Å². The fourth-order valence-corrected chi connectivity index (χ4v) is 3.04. The molecule has 0 saturated heterocycles. The number of phenols is 1. The van der Waals surface area contributed by atoms with Crippen LogP contribution in [0.5, 0.6) is 11.5 Å². The van der Waals surface area contributed by atoms with E-state index in [4.69, 9.17) is 9.11 Å². The summed E-state index contributed by atoms with van der Waals surface area (Å²) < 4.78 is 62.3. The predicted octanol–water partition coefficient (Wildman–Crippen LogP) is 0.510. The maximum Gasteiger partial charge on any atom is 0.296 e. The Labute approximate surface area is 123 Å². The van der Waals surface area contributed by atoms with Crippen molar-refractivity contribution >= 4 is 36.7 Å². The summed E-state index contributed by atoms with van der Waals surface area (Å²) >= 11 is 0. The normalized spacial score (nSPS) is 12.5. The average molecular weight is 348 g/mol. The Morgan fingerprint density at radius 2 is 1.59 bits per heavy atom. The van der Waals surface area contributed by atoms with Crippen LogP contribution in [-0.2, 0) is 20.2 Å². The minimum Gasteiger partial charge on any atom is -0.870 e. The first-order valence-corrected chi connectivity index (χ1v) is 8.14. The van der Waals surface area contributed by atoms with Gasteiger partial charge in [-0.3, -0.25) is 9.11 Å². The third-order valence-corrected chi connectivity index (χ3v) is 4.45. The van der Waals surface area contributed by atoms with Gasteiger partial charge in [-0.05, 0) is 22.7 Å². The maximum absolute atomic E-state index is 12.0. The third-order valence-electron chi connectivity index (χ3n) is 2.75. The SMILES string of the molecule is O=Nc1c(S(=O)(=O)O)cc2cc(S(=O)(=O)O)cc(O)c2c1[O-]. The summed E-state index contributed by atoms with van der Waals surface area (Å²) in [4.78, 5) is 8.67. The number of nitroso groups, excluding NO2 is 1. The summed E-state index contributed by atoms with van der Waals surface area (Å²) in [7, 11) is -9.76. The molecule has 0 saturated carbocycles. The first kappa shape index (κ1) is 16.1. The number of hydrogen-bond acceptors (Lipinski definition) is 8. The molecule has 0 aliphatic rings. The van der Waals surface area contributed by atoms with Crippen LogP contribution >= 0.6 is 0 Å². The molecule has 118 valence electrons. The Bertz CT molecular complexity index is 1010. The van der Waals surface area contributed by atoms with Gasteiger partial charge in [-0.1, -0.05) is 5.75 Å². The van der Waals surface area contributed by atoms with E-state index in [1.165, 1.54) is 0 Å². The smallest absolute Gasteiger partial charge is 0.296 e. The number of phenolic OH excluding ortho intramolecular Hbond substituents is 1. The fourth-order valence-electron chi connectivity index (χ4n) is 1.86. The van der Waals surface area contributed by atoms with E-state index in [-0.39, 0.29) is 0 Å². The van der Waals surface area contributed by atoms with Gasteiger partial charge in [-0.25, -0.2) is 0 Å². The molecule has 0 atom stereocenters. The van der Waals surface area contributed by atoms with Gasteiger partial charge in [0.15, 0.2) is 0 Å². The van der Waals surface area contributed by atoms with Gasteiger partial charge in [0.05, 0.1) is 4.90 Å². The van der Waals surface area contributed by atoms with Crippen LogP contribution in [0.1, 0.15) is 0 Å². The van der Waals surface area contributed by atoms with Crippen molar-refractivity contribution < 1.29 is 36.2 Å². The molecule has 10 nitrogen and oxygen atoms in total. The molecule has 0 aliphatic carbocycles. The van der Waals surface area contributed by atoms with Crippen molar-refractivity contribution in [2.24, 2.45) is 5.18 Å². The van der Waals surface area contributed by atoms with Crippen molar-refractivity contribution in [2.75, 3.05) is 0 Å². The molecule has 0 unspecified atom stereocenters. The average Bonchev–Trinajstić information content (AvgIpc) is 2.35. The van der Waals surface area contributed by atoms with E-state index in [0.29, 0.717) is 18.2 Å². The Morgan fingerprint density at radius 3 is 2.05 bits per heavy atom. The fraction of sp³-hybridized carbons (Fsp3) is 0. The van der Waals surface area contributed by atoms with Crippen LogP contribution < -0.4 is 5.11 Å². The summed E-state index contributed by atoms with van der Waals surface area (Å²) in [5.41, 5.74) is -1.16. The molecule has 0 bridgehead atoms.